The molecule has 31 heavy (non-hydrogen) atoms. The fraction of sp³-hybridized carbons (Fsp3) is 0.364. The summed E-state index contributed by atoms with van der Waals surface area (Å²) in [5, 5.41) is 47.6. The van der Waals surface area contributed by atoms with E-state index in [1.807, 2.05) is 60.7 Å². The summed E-state index contributed by atoms with van der Waals surface area (Å²) < 4.78 is 12.9. The molecule has 0 bridgehead atoms. The maximum Gasteiger partial charge on any atom is 0.180 e. The van der Waals surface area contributed by atoms with E-state index in [9.17, 15) is 20.4 Å². The Bertz CT molecular complexity index is 913. The lowest BCUT2D eigenvalue weighted by Crippen LogP contribution is -2.56. The van der Waals surface area contributed by atoms with E-state index in [0.29, 0.717) is 5.69 Å². The second kappa shape index (κ2) is 9.65. The van der Waals surface area contributed by atoms with Crippen LogP contribution in [-0.2, 0) is 16.1 Å². The minimum absolute atomic E-state index is 0.145. The van der Waals surface area contributed by atoms with Gasteiger partial charge in [0.25, 0.3) is 0 Å². The average molecular weight is 427 g/mol. The highest BCUT2D eigenvalue weighted by atomic mass is 16.6. The van der Waals surface area contributed by atoms with Crippen LogP contribution < -0.4 is 0 Å². The molecule has 9 heteroatoms. The lowest BCUT2D eigenvalue weighted by molar-refractivity contribution is -0.254. The topological polar surface area (TPSA) is 130 Å². The van der Waals surface area contributed by atoms with Crippen molar-refractivity contribution in [1.82, 2.24) is 15.0 Å². The molecule has 1 aliphatic heterocycles. The van der Waals surface area contributed by atoms with Crippen molar-refractivity contribution in [2.24, 2.45) is 0 Å². The number of hydrogen-bond acceptors (Lipinski definition) is 8. The second-order valence-corrected chi connectivity index (χ2v) is 7.42. The van der Waals surface area contributed by atoms with E-state index < -0.39 is 37.3 Å². The lowest BCUT2D eigenvalue weighted by atomic mass is 9.98. The molecule has 0 saturated carbocycles. The molecule has 164 valence electrons. The molecule has 1 saturated heterocycles. The lowest BCUT2D eigenvalue weighted by Gasteiger charge is -2.39. The van der Waals surface area contributed by atoms with Crippen LogP contribution >= 0.6 is 0 Å². The van der Waals surface area contributed by atoms with Crippen LogP contribution in [0.25, 0.3) is 0 Å². The molecule has 5 atom stereocenters. The van der Waals surface area contributed by atoms with Crippen molar-refractivity contribution < 1.29 is 29.9 Å². The maximum absolute atomic E-state index is 10.3. The zero-order valence-corrected chi connectivity index (χ0v) is 16.7. The Morgan fingerprint density at radius 1 is 0.903 bits per heavy atom. The number of aliphatic hydroxyl groups excluding tert-OH is 4. The number of aromatic nitrogens is 3. The Morgan fingerprint density at radius 2 is 1.52 bits per heavy atom. The largest absolute Gasteiger partial charge is 0.394 e. The van der Waals surface area contributed by atoms with Crippen molar-refractivity contribution in [3.8, 4) is 0 Å². The van der Waals surface area contributed by atoms with Gasteiger partial charge in [-0.05, 0) is 11.1 Å². The molecule has 0 unspecified atom stereocenters. The van der Waals surface area contributed by atoms with Gasteiger partial charge in [-0.2, -0.15) is 0 Å². The van der Waals surface area contributed by atoms with Gasteiger partial charge >= 0.3 is 0 Å². The zero-order chi connectivity index (χ0) is 21.8. The number of ether oxygens (including phenoxy) is 2. The van der Waals surface area contributed by atoms with E-state index in [4.69, 9.17) is 9.47 Å². The molecular weight excluding hydrogens is 402 g/mol. The highest BCUT2D eigenvalue weighted by Crippen LogP contribution is 2.29. The van der Waals surface area contributed by atoms with Gasteiger partial charge in [0.2, 0.25) is 0 Å². The SMILES string of the molecule is OC[C@H]1O[C@@H](n2cc(COC(c3ccccc3)c3ccccc3)nn2)[C@H](O)[C@@H](O)[C@@H]1O. The standard InChI is InChI=1S/C22H25N3O6/c26-12-17-18(27)19(28)20(29)22(31-17)25-11-16(23-24-25)13-30-21(14-7-3-1-4-8-14)15-9-5-2-6-10-15/h1-11,17-22,26-29H,12-13H2/t17-,18-,19+,20-,22-/m1/s1. The molecule has 2 heterocycles. The molecular formula is C22H25N3O6. The Morgan fingerprint density at radius 3 is 2.10 bits per heavy atom. The van der Waals surface area contributed by atoms with E-state index in [-0.39, 0.29) is 12.7 Å². The fourth-order valence-electron chi connectivity index (χ4n) is 3.61. The molecule has 0 spiro atoms. The van der Waals surface area contributed by atoms with Crippen LogP contribution in [0.1, 0.15) is 29.2 Å². The molecule has 0 aliphatic carbocycles. The van der Waals surface area contributed by atoms with Gasteiger partial charge in [0.15, 0.2) is 6.23 Å². The van der Waals surface area contributed by atoms with Crippen LogP contribution in [0.4, 0.5) is 0 Å². The first-order valence-corrected chi connectivity index (χ1v) is 10.0. The first-order valence-electron chi connectivity index (χ1n) is 10.0. The minimum Gasteiger partial charge on any atom is -0.394 e. The smallest absolute Gasteiger partial charge is 0.180 e. The predicted molar refractivity (Wildman–Crippen MR) is 109 cm³/mol. The Balaban J connectivity index is 1.49. The maximum atomic E-state index is 10.3. The van der Waals surface area contributed by atoms with Crippen LogP contribution in [0.5, 0.6) is 0 Å². The van der Waals surface area contributed by atoms with Gasteiger partial charge in [0.1, 0.15) is 36.2 Å². The normalized spacial score (nSPS) is 26.3. The van der Waals surface area contributed by atoms with Crippen molar-refractivity contribution in [2.45, 2.75) is 43.4 Å². The van der Waals surface area contributed by atoms with Gasteiger partial charge in [-0.3, -0.25) is 0 Å². The highest BCUT2D eigenvalue weighted by molar-refractivity contribution is 5.29. The van der Waals surface area contributed by atoms with Crippen LogP contribution in [0.3, 0.4) is 0 Å². The van der Waals surface area contributed by atoms with Crippen LogP contribution in [0, 0.1) is 0 Å². The van der Waals surface area contributed by atoms with Crippen molar-refractivity contribution in [3.63, 3.8) is 0 Å². The molecule has 1 fully saturated rings. The summed E-state index contributed by atoms with van der Waals surface area (Å²) in [6.07, 6.45) is -5.24. The van der Waals surface area contributed by atoms with E-state index >= 15 is 0 Å². The van der Waals surface area contributed by atoms with Gasteiger partial charge in [0.05, 0.1) is 19.4 Å². The van der Waals surface area contributed by atoms with Crippen LogP contribution in [-0.4, -0.2) is 66.4 Å². The van der Waals surface area contributed by atoms with Crippen molar-refractivity contribution in [2.75, 3.05) is 6.61 Å². The van der Waals surface area contributed by atoms with E-state index in [1.165, 1.54) is 4.68 Å². The van der Waals surface area contributed by atoms with Gasteiger partial charge in [0, 0.05) is 0 Å². The fourth-order valence-corrected chi connectivity index (χ4v) is 3.61. The van der Waals surface area contributed by atoms with E-state index in [2.05, 4.69) is 10.3 Å². The monoisotopic (exact) mass is 427 g/mol. The molecule has 3 aromatic rings. The number of benzene rings is 2. The summed E-state index contributed by atoms with van der Waals surface area (Å²) in [5.41, 5.74) is 2.49. The van der Waals surface area contributed by atoms with E-state index in [0.717, 1.165) is 11.1 Å². The van der Waals surface area contributed by atoms with Gasteiger partial charge in [-0.1, -0.05) is 65.9 Å². The number of hydrogen-bond donors (Lipinski definition) is 4. The first-order chi connectivity index (χ1) is 15.1. The molecule has 4 rings (SSSR count). The average Bonchev–Trinajstić information content (AvgIpc) is 3.28. The van der Waals surface area contributed by atoms with Gasteiger partial charge in [-0.15, -0.1) is 5.10 Å². The molecule has 1 aliphatic rings. The zero-order valence-electron chi connectivity index (χ0n) is 16.7. The number of aliphatic hydroxyl groups is 4. The summed E-state index contributed by atoms with van der Waals surface area (Å²) >= 11 is 0. The van der Waals surface area contributed by atoms with Gasteiger partial charge < -0.3 is 29.9 Å². The van der Waals surface area contributed by atoms with E-state index in [1.54, 1.807) is 6.20 Å². The van der Waals surface area contributed by atoms with Gasteiger partial charge in [-0.25, -0.2) is 4.68 Å². The summed E-state index contributed by atoms with van der Waals surface area (Å²) in [4.78, 5) is 0. The number of rotatable bonds is 7. The molecule has 0 amide bonds. The molecule has 2 aromatic carbocycles. The van der Waals surface area contributed by atoms with Crippen molar-refractivity contribution in [3.05, 3.63) is 83.7 Å². The third-order valence-electron chi connectivity index (χ3n) is 5.29. The Kier molecular flexibility index (Phi) is 6.71. The summed E-state index contributed by atoms with van der Waals surface area (Å²) in [5.74, 6) is 0. The molecule has 4 N–H and O–H groups in total. The number of nitrogens with zero attached hydrogens (tertiary/aromatic N) is 3. The van der Waals surface area contributed by atoms with Crippen molar-refractivity contribution >= 4 is 0 Å². The third kappa shape index (κ3) is 4.67. The Labute approximate surface area is 179 Å². The Hall–Kier alpha value is -2.66. The molecule has 9 nitrogen and oxygen atoms in total. The molecule has 0 radical (unpaired) electrons. The second-order valence-electron chi connectivity index (χ2n) is 7.42. The summed E-state index contributed by atoms with van der Waals surface area (Å²) in [7, 11) is 0. The summed E-state index contributed by atoms with van der Waals surface area (Å²) in [6, 6.07) is 19.6. The highest BCUT2D eigenvalue weighted by Gasteiger charge is 2.44. The van der Waals surface area contributed by atoms with Crippen LogP contribution in [0.15, 0.2) is 66.9 Å². The predicted octanol–water partition coefficient (Wildman–Crippen LogP) is 0.557. The van der Waals surface area contributed by atoms with Crippen molar-refractivity contribution in [1.29, 1.82) is 0 Å². The molecule has 1 aromatic heterocycles. The minimum atomic E-state index is -1.49. The first kappa shape index (κ1) is 21.6. The quantitative estimate of drug-likeness (QED) is 0.430. The summed E-state index contributed by atoms with van der Waals surface area (Å²) in [6.45, 7) is -0.367. The third-order valence-corrected chi connectivity index (χ3v) is 5.29. The van der Waals surface area contributed by atoms with Crippen LogP contribution in [0.2, 0.25) is 0 Å².